The van der Waals surface area contributed by atoms with E-state index in [0.29, 0.717) is 5.56 Å². The van der Waals surface area contributed by atoms with Gasteiger partial charge in [-0.2, -0.15) is 0 Å². The summed E-state index contributed by atoms with van der Waals surface area (Å²) in [5, 5.41) is 0. The molecule has 0 saturated carbocycles. The van der Waals surface area contributed by atoms with E-state index in [1.165, 1.54) is 18.2 Å². The standard InChI is InChI=1S/C14H12BrF3N2/c1-7-2-3-8(11(17)6-7)14(20-19)12-10(16)5-4-9(15)13(12)18/h2-6,14,20H,19H2,1H3. The molecule has 2 aromatic carbocycles. The van der Waals surface area contributed by atoms with Crippen molar-refractivity contribution in [2.24, 2.45) is 5.84 Å². The van der Waals surface area contributed by atoms with E-state index in [0.717, 1.165) is 6.07 Å². The summed E-state index contributed by atoms with van der Waals surface area (Å²) in [6, 6.07) is 5.61. The Morgan fingerprint density at radius 1 is 1.10 bits per heavy atom. The molecule has 20 heavy (non-hydrogen) atoms. The largest absolute Gasteiger partial charge is 0.271 e. The average Bonchev–Trinajstić information content (AvgIpc) is 2.40. The molecule has 0 aliphatic heterocycles. The average molecular weight is 345 g/mol. The molecule has 0 aliphatic rings. The van der Waals surface area contributed by atoms with E-state index < -0.39 is 23.5 Å². The molecule has 106 valence electrons. The van der Waals surface area contributed by atoms with Gasteiger partial charge in [-0.25, -0.2) is 18.6 Å². The second-order valence-electron chi connectivity index (χ2n) is 4.38. The number of aryl methyl sites for hydroxylation is 1. The molecule has 0 saturated heterocycles. The van der Waals surface area contributed by atoms with Gasteiger partial charge in [0.1, 0.15) is 17.5 Å². The van der Waals surface area contributed by atoms with Crippen molar-refractivity contribution < 1.29 is 13.2 Å². The number of hydrogen-bond donors (Lipinski definition) is 2. The highest BCUT2D eigenvalue weighted by Gasteiger charge is 2.25. The van der Waals surface area contributed by atoms with Gasteiger partial charge in [-0.15, -0.1) is 0 Å². The van der Waals surface area contributed by atoms with Crippen molar-refractivity contribution in [1.29, 1.82) is 0 Å². The summed E-state index contributed by atoms with van der Waals surface area (Å²) in [6.45, 7) is 1.72. The summed E-state index contributed by atoms with van der Waals surface area (Å²) in [5.74, 6) is 3.18. The zero-order chi connectivity index (χ0) is 14.9. The molecule has 0 fully saturated rings. The topological polar surface area (TPSA) is 38.0 Å². The lowest BCUT2D eigenvalue weighted by Crippen LogP contribution is -2.31. The Labute approximate surface area is 122 Å². The summed E-state index contributed by atoms with van der Waals surface area (Å²) in [7, 11) is 0. The van der Waals surface area contributed by atoms with Gasteiger partial charge < -0.3 is 0 Å². The number of benzene rings is 2. The quantitative estimate of drug-likeness (QED) is 0.505. The predicted molar refractivity (Wildman–Crippen MR) is 74.4 cm³/mol. The molecule has 0 bridgehead atoms. The van der Waals surface area contributed by atoms with Gasteiger partial charge in [0.25, 0.3) is 0 Å². The number of hydrogen-bond acceptors (Lipinski definition) is 2. The van der Waals surface area contributed by atoms with Crippen LogP contribution in [0.4, 0.5) is 13.2 Å². The minimum absolute atomic E-state index is 0.0778. The molecule has 0 radical (unpaired) electrons. The fourth-order valence-corrected chi connectivity index (χ4v) is 2.35. The third kappa shape index (κ3) is 2.72. The van der Waals surface area contributed by atoms with Crippen LogP contribution in [-0.2, 0) is 0 Å². The first kappa shape index (κ1) is 15.0. The third-order valence-corrected chi connectivity index (χ3v) is 3.61. The lowest BCUT2D eigenvalue weighted by Gasteiger charge is -2.19. The van der Waals surface area contributed by atoms with Crippen molar-refractivity contribution in [2.45, 2.75) is 13.0 Å². The Morgan fingerprint density at radius 2 is 1.80 bits per heavy atom. The van der Waals surface area contributed by atoms with Crippen LogP contribution in [-0.4, -0.2) is 0 Å². The summed E-state index contributed by atoms with van der Waals surface area (Å²) < 4.78 is 42.0. The van der Waals surface area contributed by atoms with Crippen molar-refractivity contribution in [1.82, 2.24) is 5.43 Å². The summed E-state index contributed by atoms with van der Waals surface area (Å²) in [5.41, 5.74) is 2.72. The first-order chi connectivity index (χ1) is 9.45. The molecule has 0 spiro atoms. The van der Waals surface area contributed by atoms with Crippen LogP contribution in [0.2, 0.25) is 0 Å². The van der Waals surface area contributed by atoms with Gasteiger partial charge in [0, 0.05) is 11.1 Å². The van der Waals surface area contributed by atoms with Crippen LogP contribution in [0.3, 0.4) is 0 Å². The Kier molecular flexibility index (Phi) is 4.47. The molecule has 2 aromatic rings. The van der Waals surface area contributed by atoms with Crippen molar-refractivity contribution in [3.8, 4) is 0 Å². The number of nitrogens with one attached hydrogen (secondary N) is 1. The maximum absolute atomic E-state index is 14.1. The molecule has 1 unspecified atom stereocenters. The maximum atomic E-state index is 14.1. The summed E-state index contributed by atoms with van der Waals surface area (Å²) in [4.78, 5) is 0. The van der Waals surface area contributed by atoms with Crippen LogP contribution in [0.5, 0.6) is 0 Å². The van der Waals surface area contributed by atoms with E-state index in [9.17, 15) is 13.2 Å². The molecule has 6 heteroatoms. The molecule has 0 amide bonds. The van der Waals surface area contributed by atoms with E-state index in [1.807, 2.05) is 0 Å². The molecule has 0 heterocycles. The van der Waals surface area contributed by atoms with Crippen LogP contribution in [0, 0.1) is 24.4 Å². The van der Waals surface area contributed by atoms with Crippen molar-refractivity contribution in [2.75, 3.05) is 0 Å². The normalized spacial score (nSPS) is 12.5. The van der Waals surface area contributed by atoms with E-state index in [1.54, 1.807) is 13.0 Å². The Bertz CT molecular complexity index is 647. The van der Waals surface area contributed by atoms with E-state index in [4.69, 9.17) is 5.84 Å². The van der Waals surface area contributed by atoms with E-state index in [-0.39, 0.29) is 15.6 Å². The number of halogens is 4. The molecule has 2 rings (SSSR count). The van der Waals surface area contributed by atoms with Gasteiger partial charge in [0.15, 0.2) is 0 Å². The molecule has 2 nitrogen and oxygen atoms in total. The minimum Gasteiger partial charge on any atom is -0.271 e. The monoisotopic (exact) mass is 344 g/mol. The highest BCUT2D eigenvalue weighted by Crippen LogP contribution is 2.31. The molecule has 0 aliphatic carbocycles. The Morgan fingerprint density at radius 3 is 2.40 bits per heavy atom. The van der Waals surface area contributed by atoms with E-state index >= 15 is 0 Å². The number of nitrogens with two attached hydrogens (primary N) is 1. The zero-order valence-electron chi connectivity index (χ0n) is 10.6. The van der Waals surface area contributed by atoms with Crippen LogP contribution < -0.4 is 11.3 Å². The van der Waals surface area contributed by atoms with Gasteiger partial charge in [0.05, 0.1) is 10.5 Å². The van der Waals surface area contributed by atoms with Gasteiger partial charge in [0.2, 0.25) is 0 Å². The highest BCUT2D eigenvalue weighted by molar-refractivity contribution is 9.10. The van der Waals surface area contributed by atoms with Crippen LogP contribution in [0.1, 0.15) is 22.7 Å². The summed E-state index contributed by atoms with van der Waals surface area (Å²) >= 11 is 2.98. The summed E-state index contributed by atoms with van der Waals surface area (Å²) in [6.07, 6.45) is 0. The zero-order valence-corrected chi connectivity index (χ0v) is 12.1. The first-order valence-electron chi connectivity index (χ1n) is 5.81. The molecule has 3 N–H and O–H groups in total. The van der Waals surface area contributed by atoms with Crippen molar-refractivity contribution in [3.05, 3.63) is 68.9 Å². The second kappa shape index (κ2) is 5.95. The fraction of sp³-hybridized carbons (Fsp3) is 0.143. The maximum Gasteiger partial charge on any atom is 0.145 e. The van der Waals surface area contributed by atoms with Gasteiger partial charge in [-0.1, -0.05) is 12.1 Å². The first-order valence-corrected chi connectivity index (χ1v) is 6.60. The minimum atomic E-state index is -1.12. The van der Waals surface area contributed by atoms with Crippen molar-refractivity contribution >= 4 is 15.9 Å². The van der Waals surface area contributed by atoms with Gasteiger partial charge in [-0.05, 0) is 46.6 Å². The van der Waals surface area contributed by atoms with Gasteiger partial charge in [-0.3, -0.25) is 5.84 Å². The molecule has 0 aromatic heterocycles. The van der Waals surface area contributed by atoms with E-state index in [2.05, 4.69) is 21.4 Å². The number of rotatable bonds is 3. The molecular formula is C14H12BrF3N2. The van der Waals surface area contributed by atoms with Crippen LogP contribution in [0.25, 0.3) is 0 Å². The van der Waals surface area contributed by atoms with Crippen LogP contribution in [0.15, 0.2) is 34.8 Å². The Balaban J connectivity index is 2.61. The van der Waals surface area contributed by atoms with Crippen molar-refractivity contribution in [3.63, 3.8) is 0 Å². The van der Waals surface area contributed by atoms with Crippen LogP contribution >= 0.6 is 15.9 Å². The smallest absolute Gasteiger partial charge is 0.145 e. The molecular weight excluding hydrogens is 333 g/mol. The number of hydrazine groups is 1. The lowest BCUT2D eigenvalue weighted by molar-refractivity contribution is 0.493. The second-order valence-corrected chi connectivity index (χ2v) is 5.24. The SMILES string of the molecule is Cc1ccc(C(NN)c2c(F)ccc(Br)c2F)c(F)c1. The fourth-order valence-electron chi connectivity index (χ4n) is 2.00. The Hall–Kier alpha value is -1.37. The third-order valence-electron chi connectivity index (χ3n) is 3.00. The van der Waals surface area contributed by atoms with Gasteiger partial charge >= 0.3 is 0 Å². The predicted octanol–water partition coefficient (Wildman–Crippen LogP) is 3.73. The molecule has 1 atom stereocenters. The lowest BCUT2D eigenvalue weighted by atomic mass is 9.97. The highest BCUT2D eigenvalue weighted by atomic mass is 79.9.